The van der Waals surface area contributed by atoms with Gasteiger partial charge in [0.1, 0.15) is 5.75 Å². The molecule has 1 aliphatic carbocycles. The molecular formula is C36H49ClN2O6. The summed E-state index contributed by atoms with van der Waals surface area (Å²) in [4.78, 5) is 29.5. The molecule has 0 spiro atoms. The van der Waals surface area contributed by atoms with Gasteiger partial charge in [0.05, 0.1) is 24.8 Å². The lowest BCUT2D eigenvalue weighted by atomic mass is 9.70. The number of hydrogen-bond acceptors (Lipinski definition) is 6. The van der Waals surface area contributed by atoms with Crippen molar-refractivity contribution in [2.45, 2.75) is 89.9 Å². The molecule has 45 heavy (non-hydrogen) atoms. The number of carbonyl (C=O) groups excluding carboxylic acids is 1. The number of aliphatic carboxylic acids is 1. The lowest BCUT2D eigenvalue weighted by Gasteiger charge is -2.43. The van der Waals surface area contributed by atoms with Gasteiger partial charge in [-0.25, -0.2) is 4.79 Å². The number of carboxylic acids is 1. The topological polar surface area (TPSA) is 111 Å². The molecule has 1 amide bonds. The zero-order valence-corrected chi connectivity index (χ0v) is 28.0. The van der Waals surface area contributed by atoms with E-state index in [4.69, 9.17) is 16.3 Å². The van der Waals surface area contributed by atoms with Gasteiger partial charge in [0.15, 0.2) is 5.60 Å². The van der Waals surface area contributed by atoms with E-state index in [2.05, 4.69) is 17.9 Å². The van der Waals surface area contributed by atoms with Crippen LogP contribution in [0.3, 0.4) is 0 Å². The number of anilines is 1. The van der Waals surface area contributed by atoms with Crippen molar-refractivity contribution in [1.82, 2.24) is 4.90 Å². The minimum Gasteiger partial charge on any atom is -0.491 e. The quantitative estimate of drug-likeness (QED) is 0.344. The summed E-state index contributed by atoms with van der Waals surface area (Å²) in [5.74, 6) is -1.03. The van der Waals surface area contributed by atoms with Crippen LogP contribution in [-0.2, 0) is 21.6 Å². The highest BCUT2D eigenvalue weighted by atomic mass is 35.5. The molecule has 8 nitrogen and oxygen atoms in total. The Morgan fingerprint density at radius 1 is 1.13 bits per heavy atom. The normalized spacial score (nSPS) is 29.2. The van der Waals surface area contributed by atoms with Crippen molar-refractivity contribution in [3.63, 3.8) is 0 Å². The summed E-state index contributed by atoms with van der Waals surface area (Å²) in [5.41, 5.74) is 0.760. The SMILES string of the molecule is CC.CCCc1cc(Cl)ccc1C1COc2ccc3cc2N(C1)CC1CCC1C(O)/C=C/CC(C)N(C)C(=O)C[C@@]3(O)C(=O)O. The van der Waals surface area contributed by atoms with E-state index in [9.17, 15) is 24.9 Å². The monoisotopic (exact) mass is 640 g/mol. The van der Waals surface area contributed by atoms with Crippen molar-refractivity contribution in [2.24, 2.45) is 11.8 Å². The van der Waals surface area contributed by atoms with E-state index in [0.29, 0.717) is 42.6 Å². The van der Waals surface area contributed by atoms with Crippen LogP contribution in [0, 0.1) is 11.8 Å². The average Bonchev–Trinajstić information content (AvgIpc) is 3.18. The van der Waals surface area contributed by atoms with Crippen LogP contribution in [-0.4, -0.2) is 71.0 Å². The van der Waals surface area contributed by atoms with Gasteiger partial charge in [-0.3, -0.25) is 4.79 Å². The molecule has 6 atom stereocenters. The van der Waals surface area contributed by atoms with Crippen molar-refractivity contribution in [3.05, 3.63) is 70.3 Å². The van der Waals surface area contributed by atoms with Gasteiger partial charge < -0.3 is 29.9 Å². The largest absolute Gasteiger partial charge is 0.491 e. The second-order valence-corrected chi connectivity index (χ2v) is 13.0. The zero-order chi connectivity index (χ0) is 32.9. The molecule has 2 aliphatic heterocycles. The number of benzene rings is 2. The lowest BCUT2D eigenvalue weighted by molar-refractivity contribution is -0.165. The van der Waals surface area contributed by atoms with E-state index < -0.39 is 30.0 Å². The summed E-state index contributed by atoms with van der Waals surface area (Å²) in [6.45, 7) is 9.68. The summed E-state index contributed by atoms with van der Waals surface area (Å²) < 4.78 is 6.39. The number of nitrogens with zero attached hydrogens (tertiary/aromatic N) is 2. The van der Waals surface area contributed by atoms with Crippen molar-refractivity contribution in [3.8, 4) is 5.75 Å². The molecule has 1 saturated carbocycles. The minimum atomic E-state index is -2.41. The van der Waals surface area contributed by atoms with E-state index >= 15 is 0 Å². The Bertz CT molecular complexity index is 1380. The number of aliphatic hydroxyl groups excluding tert-OH is 1. The average molecular weight is 641 g/mol. The number of ether oxygens (including phenoxy) is 1. The first-order valence-electron chi connectivity index (χ1n) is 16.4. The standard InChI is InChI=1S/C34H43ClN2O6.C2H6/c1-4-6-22-15-26(35)11-13-27(22)24-19-37-18-23-9-12-28(23)30(38)8-5-7-21(2)36(3)32(39)17-34(42,33(40)41)25-10-14-31(43-20-24)29(37)16-25;1-2/h5,8,10-11,13-16,21,23-24,28,30,38,42H,4,6-7,9,12,17-20H2,1-3H3,(H,40,41);1-2H3/b8-5+;/t21?,23?,24?,28?,30?,34-;/m0./s1. The third-order valence-electron chi connectivity index (χ3n) is 9.72. The van der Waals surface area contributed by atoms with Crippen LogP contribution in [0.4, 0.5) is 5.69 Å². The van der Waals surface area contributed by atoms with Crippen LogP contribution in [0.25, 0.3) is 0 Å². The fourth-order valence-corrected chi connectivity index (χ4v) is 6.93. The molecule has 5 unspecified atom stereocenters. The highest BCUT2D eigenvalue weighted by Gasteiger charge is 2.43. The highest BCUT2D eigenvalue weighted by molar-refractivity contribution is 6.30. The van der Waals surface area contributed by atoms with Crippen LogP contribution in [0.5, 0.6) is 5.75 Å². The van der Waals surface area contributed by atoms with Crippen LogP contribution < -0.4 is 9.64 Å². The number of rotatable bonds is 4. The van der Waals surface area contributed by atoms with E-state index in [1.54, 1.807) is 25.2 Å². The van der Waals surface area contributed by atoms with Crippen molar-refractivity contribution < 1.29 is 29.6 Å². The Balaban J connectivity index is 0.00000226. The number of aryl methyl sites for hydroxylation is 1. The van der Waals surface area contributed by atoms with Crippen molar-refractivity contribution in [1.29, 1.82) is 0 Å². The Hall–Kier alpha value is -3.07. The first-order valence-corrected chi connectivity index (χ1v) is 16.8. The van der Waals surface area contributed by atoms with E-state index in [1.165, 1.54) is 16.0 Å². The van der Waals surface area contributed by atoms with Crippen molar-refractivity contribution in [2.75, 3.05) is 31.6 Å². The predicted octanol–water partition coefficient (Wildman–Crippen LogP) is 6.16. The molecule has 0 radical (unpaired) electrons. The second kappa shape index (κ2) is 15.0. The summed E-state index contributed by atoms with van der Waals surface area (Å²) >= 11 is 6.38. The summed E-state index contributed by atoms with van der Waals surface area (Å²) in [6, 6.07) is 10.7. The van der Waals surface area contributed by atoms with E-state index in [1.807, 2.05) is 45.1 Å². The van der Waals surface area contributed by atoms with Crippen molar-refractivity contribution >= 4 is 29.2 Å². The predicted molar refractivity (Wildman–Crippen MR) is 178 cm³/mol. The molecule has 246 valence electrons. The molecule has 3 aliphatic rings. The molecular weight excluding hydrogens is 592 g/mol. The maximum atomic E-state index is 13.2. The van der Waals surface area contributed by atoms with Gasteiger partial charge in [-0.15, -0.1) is 0 Å². The molecule has 9 heteroatoms. The summed E-state index contributed by atoms with van der Waals surface area (Å²) in [5, 5.41) is 33.6. The van der Waals surface area contributed by atoms with Gasteiger partial charge in [0.25, 0.3) is 0 Å². The number of carboxylic acid groups (broad SMARTS) is 1. The third-order valence-corrected chi connectivity index (χ3v) is 9.95. The minimum absolute atomic E-state index is 0.0127. The number of carbonyl (C=O) groups is 2. The first kappa shape index (κ1) is 34.8. The van der Waals surface area contributed by atoms with Crippen LogP contribution in [0.1, 0.15) is 82.4 Å². The number of hydrogen-bond donors (Lipinski definition) is 3. The lowest BCUT2D eigenvalue weighted by Crippen LogP contribution is -2.45. The number of fused-ring (bicyclic) bond motifs is 2. The van der Waals surface area contributed by atoms with Gasteiger partial charge >= 0.3 is 5.97 Å². The molecule has 3 N–H and O–H groups in total. The van der Waals surface area contributed by atoms with E-state index in [-0.39, 0.29) is 29.4 Å². The van der Waals surface area contributed by atoms with Crippen LogP contribution >= 0.6 is 11.6 Å². The van der Waals surface area contributed by atoms with Crippen LogP contribution in [0.15, 0.2) is 48.6 Å². The zero-order valence-electron chi connectivity index (χ0n) is 27.2. The number of aliphatic hydroxyl groups is 2. The fourth-order valence-electron chi connectivity index (χ4n) is 6.73. The molecule has 0 saturated heterocycles. The summed E-state index contributed by atoms with van der Waals surface area (Å²) in [6.07, 6.45) is 6.80. The summed E-state index contributed by atoms with van der Waals surface area (Å²) in [7, 11) is 1.61. The second-order valence-electron chi connectivity index (χ2n) is 12.5. The van der Waals surface area contributed by atoms with Gasteiger partial charge in [-0.2, -0.15) is 0 Å². The molecule has 1 fully saturated rings. The first-order chi connectivity index (χ1) is 21.5. The third kappa shape index (κ3) is 7.50. The molecule has 2 heterocycles. The maximum Gasteiger partial charge on any atom is 0.340 e. The van der Waals surface area contributed by atoms with E-state index in [0.717, 1.165) is 25.7 Å². The number of halogens is 1. The molecule has 5 rings (SSSR count). The molecule has 2 aromatic rings. The Labute approximate surface area is 272 Å². The Morgan fingerprint density at radius 3 is 2.56 bits per heavy atom. The highest BCUT2D eigenvalue weighted by Crippen LogP contribution is 2.44. The van der Waals surface area contributed by atoms with Crippen LogP contribution in [0.2, 0.25) is 5.02 Å². The molecule has 2 aromatic carbocycles. The number of amides is 1. The smallest absolute Gasteiger partial charge is 0.340 e. The Kier molecular flexibility index (Phi) is 11.6. The van der Waals surface area contributed by atoms with Gasteiger partial charge in [-0.1, -0.05) is 63.1 Å². The Morgan fingerprint density at radius 2 is 1.89 bits per heavy atom. The van der Waals surface area contributed by atoms with Gasteiger partial charge in [0, 0.05) is 37.1 Å². The molecule has 2 bridgehead atoms. The van der Waals surface area contributed by atoms with Gasteiger partial charge in [-0.05, 0) is 85.4 Å². The maximum absolute atomic E-state index is 13.2. The molecule has 0 aromatic heterocycles. The fraction of sp³-hybridized carbons (Fsp3) is 0.556. The van der Waals surface area contributed by atoms with Gasteiger partial charge in [0.2, 0.25) is 5.91 Å².